The van der Waals surface area contributed by atoms with E-state index < -0.39 is 0 Å². The predicted molar refractivity (Wildman–Crippen MR) is 95.0 cm³/mol. The van der Waals surface area contributed by atoms with Crippen molar-refractivity contribution < 1.29 is 9.32 Å². The molecule has 134 valence electrons. The van der Waals surface area contributed by atoms with E-state index in [1.807, 2.05) is 51.8 Å². The number of carbonyl (C=O) groups is 1. The van der Waals surface area contributed by atoms with Gasteiger partial charge in [0.25, 0.3) is 0 Å². The van der Waals surface area contributed by atoms with Crippen molar-refractivity contribution in [2.75, 3.05) is 13.1 Å². The Morgan fingerprint density at radius 1 is 1.24 bits per heavy atom. The van der Waals surface area contributed by atoms with Crippen LogP contribution in [0, 0.1) is 19.3 Å². The van der Waals surface area contributed by atoms with Gasteiger partial charge in [-0.3, -0.25) is 4.79 Å². The summed E-state index contributed by atoms with van der Waals surface area (Å²) in [6.45, 7) is 11.2. The van der Waals surface area contributed by atoms with Crippen LogP contribution >= 0.6 is 0 Å². The molecule has 0 spiro atoms. The Hall–Kier alpha value is -2.24. The lowest BCUT2D eigenvalue weighted by molar-refractivity contribution is -0.140. The van der Waals surface area contributed by atoms with Crippen LogP contribution < -0.4 is 0 Å². The first-order chi connectivity index (χ1) is 11.8. The van der Waals surface area contributed by atoms with E-state index in [0.717, 1.165) is 48.7 Å². The monoisotopic (exact) mass is 342 g/mol. The molecule has 1 fully saturated rings. The second kappa shape index (κ2) is 6.58. The molecule has 0 atom stereocenters. The molecule has 0 bridgehead atoms. The van der Waals surface area contributed by atoms with Gasteiger partial charge in [-0.25, -0.2) is 9.97 Å². The third kappa shape index (κ3) is 3.72. The maximum absolute atomic E-state index is 12.5. The average molecular weight is 342 g/mol. The first kappa shape index (κ1) is 17.6. The molecule has 3 rings (SSSR count). The molecule has 3 heterocycles. The lowest BCUT2D eigenvalue weighted by Gasteiger charge is -2.35. The fraction of sp³-hybridized carbons (Fsp3) is 0.579. The molecule has 2 aromatic heterocycles. The third-order valence-electron chi connectivity index (χ3n) is 4.64. The summed E-state index contributed by atoms with van der Waals surface area (Å²) in [6, 6.07) is 1.91. The van der Waals surface area contributed by atoms with Crippen LogP contribution in [0.5, 0.6) is 0 Å². The Bertz CT molecular complexity index is 768. The van der Waals surface area contributed by atoms with Gasteiger partial charge in [0.1, 0.15) is 5.82 Å². The van der Waals surface area contributed by atoms with Crippen molar-refractivity contribution in [3.8, 4) is 11.3 Å². The van der Waals surface area contributed by atoms with Crippen LogP contribution in [0.25, 0.3) is 11.3 Å². The highest BCUT2D eigenvalue weighted by Gasteiger charge is 2.32. The minimum Gasteiger partial charge on any atom is -0.356 e. The molecule has 0 unspecified atom stereocenters. The number of aromatic nitrogens is 3. The van der Waals surface area contributed by atoms with Crippen LogP contribution in [-0.4, -0.2) is 39.0 Å². The van der Waals surface area contributed by atoms with Gasteiger partial charge in [-0.05, 0) is 26.7 Å². The Morgan fingerprint density at radius 3 is 2.48 bits per heavy atom. The number of aryl methyl sites for hydroxylation is 2. The van der Waals surface area contributed by atoms with E-state index in [1.165, 1.54) is 0 Å². The van der Waals surface area contributed by atoms with Gasteiger partial charge < -0.3 is 9.42 Å². The molecule has 0 N–H and O–H groups in total. The Kier molecular flexibility index (Phi) is 4.62. The summed E-state index contributed by atoms with van der Waals surface area (Å²) in [4.78, 5) is 23.5. The Morgan fingerprint density at radius 2 is 1.92 bits per heavy atom. The summed E-state index contributed by atoms with van der Waals surface area (Å²) in [6.07, 6.45) is 3.63. The van der Waals surface area contributed by atoms with E-state index in [0.29, 0.717) is 11.7 Å². The number of carbonyl (C=O) groups excluding carboxylic acids is 1. The minimum absolute atomic E-state index is 0.218. The lowest BCUT2D eigenvalue weighted by Crippen LogP contribution is -2.43. The summed E-state index contributed by atoms with van der Waals surface area (Å²) in [5, 5.41) is 3.98. The fourth-order valence-electron chi connectivity index (χ4n) is 3.31. The summed E-state index contributed by atoms with van der Waals surface area (Å²) in [7, 11) is 0. The first-order valence-electron chi connectivity index (χ1n) is 8.82. The molecule has 0 aliphatic carbocycles. The van der Waals surface area contributed by atoms with Crippen molar-refractivity contribution >= 4 is 5.91 Å². The van der Waals surface area contributed by atoms with Crippen molar-refractivity contribution in [1.82, 2.24) is 20.0 Å². The van der Waals surface area contributed by atoms with E-state index in [1.54, 1.807) is 0 Å². The summed E-state index contributed by atoms with van der Waals surface area (Å²) < 4.78 is 5.43. The van der Waals surface area contributed by atoms with Gasteiger partial charge in [-0.1, -0.05) is 25.9 Å². The lowest BCUT2D eigenvalue weighted by atomic mass is 9.88. The number of amides is 1. The molecule has 1 saturated heterocycles. The number of nitrogens with zero attached hydrogens (tertiary/aromatic N) is 4. The van der Waals surface area contributed by atoms with E-state index >= 15 is 0 Å². The molecular weight excluding hydrogens is 316 g/mol. The fourth-order valence-corrected chi connectivity index (χ4v) is 3.31. The van der Waals surface area contributed by atoms with E-state index in [-0.39, 0.29) is 11.3 Å². The SMILES string of the molecule is Cc1cc(-c2cnc(C)nc2C2CCN(C(=O)C(C)(C)C)CC2)on1. The van der Waals surface area contributed by atoms with Crippen molar-refractivity contribution in [2.45, 2.75) is 53.4 Å². The Labute approximate surface area is 148 Å². The molecule has 0 aromatic carbocycles. The van der Waals surface area contributed by atoms with Crippen molar-refractivity contribution in [3.05, 3.63) is 29.5 Å². The van der Waals surface area contributed by atoms with Gasteiger partial charge in [0, 0.05) is 36.7 Å². The first-order valence-corrected chi connectivity index (χ1v) is 8.82. The molecule has 0 saturated carbocycles. The van der Waals surface area contributed by atoms with Crippen LogP contribution in [0.15, 0.2) is 16.8 Å². The van der Waals surface area contributed by atoms with Gasteiger partial charge >= 0.3 is 0 Å². The van der Waals surface area contributed by atoms with Crippen molar-refractivity contribution in [1.29, 1.82) is 0 Å². The summed E-state index contributed by atoms with van der Waals surface area (Å²) >= 11 is 0. The van der Waals surface area contributed by atoms with Crippen molar-refractivity contribution in [2.24, 2.45) is 5.41 Å². The average Bonchev–Trinajstić information content (AvgIpc) is 2.99. The number of hydrogen-bond acceptors (Lipinski definition) is 5. The van der Waals surface area contributed by atoms with Gasteiger partial charge in [-0.2, -0.15) is 0 Å². The van der Waals surface area contributed by atoms with Crippen molar-refractivity contribution in [3.63, 3.8) is 0 Å². The maximum atomic E-state index is 12.5. The predicted octanol–water partition coefficient (Wildman–Crippen LogP) is 3.50. The molecule has 1 amide bonds. The van der Waals surface area contributed by atoms with E-state index in [9.17, 15) is 4.79 Å². The number of piperidine rings is 1. The Balaban J connectivity index is 1.82. The summed E-state index contributed by atoms with van der Waals surface area (Å²) in [5.41, 5.74) is 2.42. The van der Waals surface area contributed by atoms with E-state index in [4.69, 9.17) is 9.51 Å². The number of likely N-dealkylation sites (tertiary alicyclic amines) is 1. The molecular formula is C19H26N4O2. The van der Waals surface area contributed by atoms with Gasteiger partial charge in [0.05, 0.1) is 17.0 Å². The highest BCUT2D eigenvalue weighted by Crippen LogP contribution is 2.35. The zero-order chi connectivity index (χ0) is 18.2. The number of rotatable bonds is 2. The normalized spacial score (nSPS) is 16.3. The number of hydrogen-bond donors (Lipinski definition) is 0. The van der Waals surface area contributed by atoms with Crippen LogP contribution in [0.2, 0.25) is 0 Å². The molecule has 0 radical (unpaired) electrons. The third-order valence-corrected chi connectivity index (χ3v) is 4.64. The molecule has 25 heavy (non-hydrogen) atoms. The van der Waals surface area contributed by atoms with E-state index in [2.05, 4.69) is 10.1 Å². The minimum atomic E-state index is -0.332. The summed E-state index contributed by atoms with van der Waals surface area (Å²) in [5.74, 6) is 1.98. The smallest absolute Gasteiger partial charge is 0.227 e. The zero-order valence-corrected chi connectivity index (χ0v) is 15.7. The second-order valence-electron chi connectivity index (χ2n) is 7.87. The topological polar surface area (TPSA) is 72.1 Å². The zero-order valence-electron chi connectivity index (χ0n) is 15.7. The molecule has 1 aliphatic rings. The van der Waals surface area contributed by atoms with Crippen LogP contribution in [0.4, 0.5) is 0 Å². The van der Waals surface area contributed by atoms with Gasteiger partial charge in [0.15, 0.2) is 5.76 Å². The van der Waals surface area contributed by atoms with Crippen LogP contribution in [0.3, 0.4) is 0 Å². The van der Waals surface area contributed by atoms with Crippen LogP contribution in [-0.2, 0) is 4.79 Å². The molecule has 2 aromatic rings. The standard InChI is InChI=1S/C19H26N4O2/c1-12-10-16(25-22-12)15-11-20-13(2)21-17(15)14-6-8-23(9-7-14)18(24)19(3,4)5/h10-11,14H,6-9H2,1-5H3. The highest BCUT2D eigenvalue weighted by atomic mass is 16.5. The molecule has 6 heteroatoms. The largest absolute Gasteiger partial charge is 0.356 e. The maximum Gasteiger partial charge on any atom is 0.227 e. The second-order valence-corrected chi connectivity index (χ2v) is 7.87. The van der Waals surface area contributed by atoms with Crippen LogP contribution in [0.1, 0.15) is 56.7 Å². The van der Waals surface area contributed by atoms with Gasteiger partial charge in [-0.15, -0.1) is 0 Å². The molecule has 6 nitrogen and oxygen atoms in total. The quantitative estimate of drug-likeness (QED) is 0.835. The highest BCUT2D eigenvalue weighted by molar-refractivity contribution is 5.81. The van der Waals surface area contributed by atoms with Gasteiger partial charge in [0.2, 0.25) is 5.91 Å². The molecule has 1 aliphatic heterocycles.